The second-order valence-electron chi connectivity index (χ2n) is 6.45. The maximum absolute atomic E-state index is 12.7. The van der Waals surface area contributed by atoms with E-state index in [9.17, 15) is 9.59 Å². The lowest BCUT2D eigenvalue weighted by molar-refractivity contribution is -0.130. The monoisotopic (exact) mass is 347 g/mol. The van der Waals surface area contributed by atoms with Gasteiger partial charge in [0.25, 0.3) is 0 Å². The fraction of sp³-hybridized carbons (Fsp3) is 0.579. The van der Waals surface area contributed by atoms with Gasteiger partial charge in [-0.1, -0.05) is 24.6 Å². The van der Waals surface area contributed by atoms with Crippen LogP contribution in [0.25, 0.3) is 0 Å². The van der Waals surface area contributed by atoms with Crippen molar-refractivity contribution in [2.24, 2.45) is 0 Å². The average Bonchev–Trinajstić information content (AvgIpc) is 2.86. The lowest BCUT2D eigenvalue weighted by Crippen LogP contribution is -2.43. The molecule has 6 heteroatoms. The highest BCUT2D eigenvalue weighted by molar-refractivity contribution is 5.80. The van der Waals surface area contributed by atoms with Crippen LogP contribution in [0.4, 0.5) is 4.79 Å². The van der Waals surface area contributed by atoms with Gasteiger partial charge in [-0.05, 0) is 25.8 Å². The number of aryl methyl sites for hydroxylation is 1. The van der Waals surface area contributed by atoms with Crippen molar-refractivity contribution in [3.05, 3.63) is 29.3 Å². The van der Waals surface area contributed by atoms with Gasteiger partial charge in [-0.3, -0.25) is 4.79 Å². The number of nitrogens with zero attached hydrogens (tertiary/aromatic N) is 2. The van der Waals surface area contributed by atoms with E-state index in [0.717, 1.165) is 29.7 Å². The molecule has 1 aromatic carbocycles. The minimum atomic E-state index is -0.0310. The van der Waals surface area contributed by atoms with Crippen molar-refractivity contribution in [3.8, 4) is 5.75 Å². The predicted octanol–water partition coefficient (Wildman–Crippen LogP) is 2.20. The summed E-state index contributed by atoms with van der Waals surface area (Å²) in [5, 5.41) is 2.90. The molecule has 0 aliphatic carbocycles. The largest absolute Gasteiger partial charge is 0.496 e. The second-order valence-corrected chi connectivity index (χ2v) is 6.45. The zero-order chi connectivity index (χ0) is 18.2. The molecule has 0 spiro atoms. The summed E-state index contributed by atoms with van der Waals surface area (Å²) in [7, 11) is 1.62. The molecule has 0 unspecified atom stereocenters. The van der Waals surface area contributed by atoms with Gasteiger partial charge in [-0.15, -0.1) is 0 Å². The van der Waals surface area contributed by atoms with Crippen LogP contribution in [0.3, 0.4) is 0 Å². The summed E-state index contributed by atoms with van der Waals surface area (Å²) in [5.41, 5.74) is 2.02. The van der Waals surface area contributed by atoms with E-state index >= 15 is 0 Å². The van der Waals surface area contributed by atoms with Crippen LogP contribution in [0.15, 0.2) is 18.2 Å². The zero-order valence-electron chi connectivity index (χ0n) is 15.5. The van der Waals surface area contributed by atoms with Gasteiger partial charge < -0.3 is 19.9 Å². The summed E-state index contributed by atoms with van der Waals surface area (Å²) in [6.07, 6.45) is 2.05. The highest BCUT2D eigenvalue weighted by Crippen LogP contribution is 2.21. The Kier molecular flexibility index (Phi) is 7.10. The highest BCUT2D eigenvalue weighted by Gasteiger charge is 2.22. The van der Waals surface area contributed by atoms with E-state index < -0.39 is 0 Å². The lowest BCUT2D eigenvalue weighted by Gasteiger charge is -2.23. The van der Waals surface area contributed by atoms with Crippen LogP contribution < -0.4 is 10.1 Å². The van der Waals surface area contributed by atoms with Crippen LogP contribution in [-0.4, -0.2) is 61.6 Å². The summed E-state index contributed by atoms with van der Waals surface area (Å²) < 4.78 is 5.37. The molecule has 1 heterocycles. The van der Waals surface area contributed by atoms with Crippen molar-refractivity contribution in [1.29, 1.82) is 0 Å². The van der Waals surface area contributed by atoms with Crippen molar-refractivity contribution in [3.63, 3.8) is 0 Å². The summed E-state index contributed by atoms with van der Waals surface area (Å²) in [6, 6.07) is 5.85. The van der Waals surface area contributed by atoms with E-state index in [-0.39, 0.29) is 11.9 Å². The first-order valence-corrected chi connectivity index (χ1v) is 8.99. The van der Waals surface area contributed by atoms with Gasteiger partial charge in [-0.2, -0.15) is 0 Å². The number of carbonyl (C=O) groups is 2. The van der Waals surface area contributed by atoms with Gasteiger partial charge in [-0.25, -0.2) is 4.79 Å². The van der Waals surface area contributed by atoms with E-state index in [1.54, 1.807) is 12.0 Å². The highest BCUT2D eigenvalue weighted by atomic mass is 16.5. The number of ether oxygens (including phenoxy) is 1. The molecule has 1 aliphatic rings. The standard InChI is InChI=1S/C19H29N3O3/c1-4-8-20-19(24)22-10-5-9-21(11-12-22)18(23)14-16-13-15(2)6-7-17(16)25-3/h6-7,13H,4-5,8-12,14H2,1-3H3,(H,20,24). The normalized spacial score (nSPS) is 14.8. The van der Waals surface area contributed by atoms with Crippen molar-refractivity contribution < 1.29 is 14.3 Å². The van der Waals surface area contributed by atoms with Crippen molar-refractivity contribution >= 4 is 11.9 Å². The molecule has 3 amide bonds. The molecule has 1 aliphatic heterocycles. The van der Waals surface area contributed by atoms with Gasteiger partial charge in [0.15, 0.2) is 0 Å². The van der Waals surface area contributed by atoms with E-state index in [2.05, 4.69) is 5.32 Å². The Morgan fingerprint density at radius 3 is 2.60 bits per heavy atom. The zero-order valence-corrected chi connectivity index (χ0v) is 15.5. The van der Waals surface area contributed by atoms with Crippen LogP contribution in [-0.2, 0) is 11.2 Å². The smallest absolute Gasteiger partial charge is 0.317 e. The topological polar surface area (TPSA) is 61.9 Å². The third-order valence-electron chi connectivity index (χ3n) is 4.44. The van der Waals surface area contributed by atoms with Gasteiger partial charge in [0, 0.05) is 38.3 Å². The number of hydrogen-bond acceptors (Lipinski definition) is 3. The summed E-state index contributed by atoms with van der Waals surface area (Å²) in [5.74, 6) is 0.828. The molecule has 0 radical (unpaired) electrons. The minimum Gasteiger partial charge on any atom is -0.496 e. The number of nitrogens with one attached hydrogen (secondary N) is 1. The van der Waals surface area contributed by atoms with Crippen LogP contribution >= 0.6 is 0 Å². The lowest BCUT2D eigenvalue weighted by atomic mass is 10.1. The Bertz CT molecular complexity index is 604. The van der Waals surface area contributed by atoms with Crippen LogP contribution in [0.2, 0.25) is 0 Å². The van der Waals surface area contributed by atoms with Gasteiger partial charge in [0.1, 0.15) is 5.75 Å². The number of carbonyl (C=O) groups excluding carboxylic acids is 2. The Morgan fingerprint density at radius 2 is 1.88 bits per heavy atom. The fourth-order valence-electron chi connectivity index (χ4n) is 3.03. The molecule has 1 aromatic rings. The molecule has 0 saturated carbocycles. The van der Waals surface area contributed by atoms with E-state index in [1.165, 1.54) is 0 Å². The van der Waals surface area contributed by atoms with Crippen LogP contribution in [0.1, 0.15) is 30.9 Å². The van der Waals surface area contributed by atoms with Crippen molar-refractivity contribution in [2.75, 3.05) is 39.8 Å². The molecular weight excluding hydrogens is 318 g/mol. The first kappa shape index (κ1) is 19.1. The van der Waals surface area contributed by atoms with Crippen LogP contribution in [0.5, 0.6) is 5.75 Å². The Hall–Kier alpha value is -2.24. The minimum absolute atomic E-state index is 0.0310. The predicted molar refractivity (Wildman–Crippen MR) is 97.9 cm³/mol. The van der Waals surface area contributed by atoms with Crippen molar-refractivity contribution in [1.82, 2.24) is 15.1 Å². The molecule has 0 aromatic heterocycles. The molecule has 2 rings (SSSR count). The molecular formula is C19H29N3O3. The fourth-order valence-corrected chi connectivity index (χ4v) is 3.03. The number of hydrogen-bond donors (Lipinski definition) is 1. The molecule has 6 nitrogen and oxygen atoms in total. The van der Waals surface area contributed by atoms with E-state index in [4.69, 9.17) is 4.74 Å². The van der Waals surface area contributed by atoms with Gasteiger partial charge >= 0.3 is 6.03 Å². The van der Waals surface area contributed by atoms with Crippen molar-refractivity contribution in [2.45, 2.75) is 33.1 Å². The number of methoxy groups -OCH3 is 1. The first-order valence-electron chi connectivity index (χ1n) is 8.99. The summed E-state index contributed by atoms with van der Waals surface area (Å²) >= 11 is 0. The maximum atomic E-state index is 12.7. The summed E-state index contributed by atoms with van der Waals surface area (Å²) in [6.45, 7) is 7.25. The molecule has 1 fully saturated rings. The third-order valence-corrected chi connectivity index (χ3v) is 4.44. The van der Waals surface area contributed by atoms with Crippen LogP contribution in [0, 0.1) is 6.92 Å². The maximum Gasteiger partial charge on any atom is 0.317 e. The molecule has 25 heavy (non-hydrogen) atoms. The molecule has 1 N–H and O–H groups in total. The number of benzene rings is 1. The number of rotatable bonds is 5. The number of urea groups is 1. The Morgan fingerprint density at radius 1 is 1.16 bits per heavy atom. The second kappa shape index (κ2) is 9.30. The SMILES string of the molecule is CCCNC(=O)N1CCCN(C(=O)Cc2cc(C)ccc2OC)CC1. The number of amides is 3. The van der Waals surface area contributed by atoms with E-state index in [0.29, 0.717) is 39.1 Å². The molecule has 0 bridgehead atoms. The third kappa shape index (κ3) is 5.37. The van der Waals surface area contributed by atoms with Gasteiger partial charge in [0.05, 0.1) is 13.5 Å². The molecule has 0 atom stereocenters. The Labute approximate surface area is 150 Å². The van der Waals surface area contributed by atoms with Gasteiger partial charge in [0.2, 0.25) is 5.91 Å². The first-order chi connectivity index (χ1) is 12.0. The Balaban J connectivity index is 1.95. The van der Waals surface area contributed by atoms with E-state index in [1.807, 2.05) is 36.9 Å². The molecule has 1 saturated heterocycles. The average molecular weight is 347 g/mol. The quantitative estimate of drug-likeness (QED) is 0.888. The molecule has 138 valence electrons. The summed E-state index contributed by atoms with van der Waals surface area (Å²) in [4.78, 5) is 28.5.